The monoisotopic (exact) mass is 330 g/mol. The maximum absolute atomic E-state index is 12.0. The van der Waals surface area contributed by atoms with E-state index in [9.17, 15) is 4.79 Å². The Balaban J connectivity index is 1.70. The first-order valence-corrected chi connectivity index (χ1v) is 9.12. The Morgan fingerprint density at radius 2 is 2.21 bits per heavy atom. The summed E-state index contributed by atoms with van der Waals surface area (Å²) in [6.45, 7) is 5.32. The normalized spacial score (nSPS) is 15.5. The van der Waals surface area contributed by atoms with Crippen molar-refractivity contribution in [3.05, 3.63) is 35.9 Å². The molecular weight excluding hydrogens is 300 g/mol. The third kappa shape index (κ3) is 6.75. The molecule has 0 saturated carbocycles. The summed E-state index contributed by atoms with van der Waals surface area (Å²) in [5.74, 6) is 0.771. The highest BCUT2D eigenvalue weighted by atomic mass is 16.5. The van der Waals surface area contributed by atoms with Gasteiger partial charge in [-0.05, 0) is 64.1 Å². The van der Waals surface area contributed by atoms with E-state index in [-0.39, 0.29) is 12.0 Å². The molecule has 0 saturated heterocycles. The highest BCUT2D eigenvalue weighted by Crippen LogP contribution is 2.20. The van der Waals surface area contributed by atoms with Crippen molar-refractivity contribution in [2.45, 2.75) is 58.5 Å². The van der Waals surface area contributed by atoms with Crippen molar-refractivity contribution < 1.29 is 9.53 Å². The van der Waals surface area contributed by atoms with E-state index in [0.29, 0.717) is 6.54 Å². The molecule has 2 rings (SSSR count). The molecule has 2 N–H and O–H groups in total. The van der Waals surface area contributed by atoms with Gasteiger partial charge in [0.05, 0.1) is 12.6 Å². The van der Waals surface area contributed by atoms with E-state index >= 15 is 0 Å². The lowest BCUT2D eigenvalue weighted by atomic mass is 9.97. The number of hydrogen-bond donors (Lipinski definition) is 2. The molecule has 4 nitrogen and oxygen atoms in total. The summed E-state index contributed by atoms with van der Waals surface area (Å²) in [6, 6.07) is 7.57. The van der Waals surface area contributed by atoms with Gasteiger partial charge in [-0.15, -0.1) is 0 Å². The largest absolute Gasteiger partial charge is 0.491 e. The lowest BCUT2D eigenvalue weighted by Gasteiger charge is -2.14. The summed E-state index contributed by atoms with van der Waals surface area (Å²) in [5.41, 5.74) is 2.31. The second-order valence-electron chi connectivity index (χ2n) is 6.45. The molecule has 1 atom stereocenters. The molecule has 1 aromatic carbocycles. The van der Waals surface area contributed by atoms with Crippen molar-refractivity contribution in [2.24, 2.45) is 0 Å². The van der Waals surface area contributed by atoms with E-state index < -0.39 is 0 Å². The number of amides is 1. The van der Waals surface area contributed by atoms with Crippen LogP contribution >= 0.6 is 0 Å². The molecule has 0 heterocycles. The van der Waals surface area contributed by atoms with Gasteiger partial charge in [0.1, 0.15) is 5.75 Å². The number of benzene rings is 1. The van der Waals surface area contributed by atoms with E-state index in [4.69, 9.17) is 4.74 Å². The van der Waals surface area contributed by atoms with E-state index in [1.54, 1.807) is 0 Å². The predicted molar refractivity (Wildman–Crippen MR) is 99.5 cm³/mol. The first kappa shape index (κ1) is 18.5. The number of nitrogens with one attached hydrogen (secondary N) is 2. The van der Waals surface area contributed by atoms with Gasteiger partial charge in [-0.2, -0.15) is 0 Å². The maximum atomic E-state index is 12.0. The van der Waals surface area contributed by atoms with Crippen LogP contribution in [0.15, 0.2) is 35.9 Å². The number of hydrogen-bond acceptors (Lipinski definition) is 3. The van der Waals surface area contributed by atoms with Crippen LogP contribution < -0.4 is 15.4 Å². The molecule has 0 fully saturated rings. The minimum absolute atomic E-state index is 0.0201. The topological polar surface area (TPSA) is 50.4 Å². The van der Waals surface area contributed by atoms with Crippen LogP contribution in [0, 0.1) is 0 Å². The van der Waals surface area contributed by atoms with E-state index in [1.807, 2.05) is 31.2 Å². The van der Waals surface area contributed by atoms with Crippen LogP contribution in [0.4, 0.5) is 5.69 Å². The zero-order chi connectivity index (χ0) is 17.2. The Bertz CT molecular complexity index is 554. The van der Waals surface area contributed by atoms with Crippen LogP contribution in [0.1, 0.15) is 52.4 Å². The lowest BCUT2D eigenvalue weighted by Crippen LogP contribution is -2.29. The number of carbonyl (C=O) groups excluding carboxylic acids is 1. The van der Waals surface area contributed by atoms with Crippen molar-refractivity contribution >= 4 is 11.6 Å². The fraction of sp³-hybridized carbons (Fsp3) is 0.550. The van der Waals surface area contributed by atoms with Gasteiger partial charge >= 0.3 is 0 Å². The molecule has 24 heavy (non-hydrogen) atoms. The summed E-state index contributed by atoms with van der Waals surface area (Å²) in [4.78, 5) is 12.0. The van der Waals surface area contributed by atoms with E-state index in [2.05, 4.69) is 23.6 Å². The van der Waals surface area contributed by atoms with Gasteiger partial charge in [0, 0.05) is 11.8 Å². The van der Waals surface area contributed by atoms with Crippen molar-refractivity contribution in [1.29, 1.82) is 0 Å². The Morgan fingerprint density at radius 3 is 2.96 bits per heavy atom. The molecule has 1 aliphatic carbocycles. The van der Waals surface area contributed by atoms with Crippen LogP contribution in [0.5, 0.6) is 5.75 Å². The maximum Gasteiger partial charge on any atom is 0.238 e. The molecule has 4 heteroatoms. The highest BCUT2D eigenvalue weighted by Gasteiger charge is 2.06. The van der Waals surface area contributed by atoms with Crippen LogP contribution in [0.3, 0.4) is 0 Å². The number of rotatable bonds is 9. The smallest absolute Gasteiger partial charge is 0.238 e. The summed E-state index contributed by atoms with van der Waals surface area (Å²) < 4.78 is 5.78. The van der Waals surface area contributed by atoms with Crippen molar-refractivity contribution in [2.75, 3.05) is 18.4 Å². The zero-order valence-corrected chi connectivity index (χ0v) is 14.9. The minimum atomic E-state index is -0.0201. The third-order valence-electron chi connectivity index (χ3n) is 4.32. The minimum Gasteiger partial charge on any atom is -0.491 e. The Labute approximate surface area is 145 Å². The molecule has 0 spiro atoms. The first-order chi connectivity index (χ1) is 11.7. The molecule has 0 aliphatic heterocycles. The molecule has 0 aromatic heterocycles. The predicted octanol–water partition coefficient (Wildman–Crippen LogP) is 4.28. The van der Waals surface area contributed by atoms with E-state index in [1.165, 1.54) is 31.3 Å². The number of allylic oxidation sites excluding steroid dienone is 1. The summed E-state index contributed by atoms with van der Waals surface area (Å²) in [6.07, 6.45) is 9.59. The molecular formula is C20H30N2O2. The molecule has 1 aromatic rings. The van der Waals surface area contributed by atoms with Crippen molar-refractivity contribution in [3.8, 4) is 5.75 Å². The van der Waals surface area contributed by atoms with Crippen molar-refractivity contribution in [1.82, 2.24) is 5.32 Å². The Kier molecular flexibility index (Phi) is 7.83. The molecule has 1 amide bonds. The van der Waals surface area contributed by atoms with Gasteiger partial charge < -0.3 is 15.4 Å². The molecule has 1 aliphatic rings. The highest BCUT2D eigenvalue weighted by molar-refractivity contribution is 5.92. The van der Waals surface area contributed by atoms with Gasteiger partial charge in [0.2, 0.25) is 5.91 Å². The molecule has 0 radical (unpaired) electrons. The quantitative estimate of drug-likeness (QED) is 0.525. The van der Waals surface area contributed by atoms with E-state index in [0.717, 1.165) is 30.8 Å². The zero-order valence-electron chi connectivity index (χ0n) is 14.9. The molecule has 0 bridgehead atoms. The van der Waals surface area contributed by atoms with Gasteiger partial charge in [0.25, 0.3) is 0 Å². The molecule has 1 unspecified atom stereocenters. The van der Waals surface area contributed by atoms with Gasteiger partial charge in [-0.1, -0.05) is 24.6 Å². The van der Waals surface area contributed by atoms with Crippen LogP contribution in [-0.4, -0.2) is 25.1 Å². The summed E-state index contributed by atoms with van der Waals surface area (Å²) in [5, 5.41) is 6.14. The number of anilines is 1. The SMILES string of the molecule is CCC(C)Oc1cccc(NC(=O)CNCCC2=CCCCC2)c1. The van der Waals surface area contributed by atoms with Crippen molar-refractivity contribution in [3.63, 3.8) is 0 Å². The first-order valence-electron chi connectivity index (χ1n) is 9.12. The second kappa shape index (κ2) is 10.1. The average Bonchev–Trinajstić information content (AvgIpc) is 2.60. The number of carbonyl (C=O) groups is 1. The number of ether oxygens (including phenoxy) is 1. The standard InChI is InChI=1S/C20H30N2O2/c1-3-16(2)24-19-11-7-10-18(14-19)22-20(23)15-21-13-12-17-8-5-4-6-9-17/h7-8,10-11,14,16,21H,3-6,9,12-13,15H2,1-2H3,(H,22,23). The Morgan fingerprint density at radius 1 is 1.33 bits per heavy atom. The Hall–Kier alpha value is -1.81. The molecule has 132 valence electrons. The van der Waals surface area contributed by atoms with Gasteiger partial charge in [-0.25, -0.2) is 0 Å². The van der Waals surface area contributed by atoms with Crippen LogP contribution in [0.25, 0.3) is 0 Å². The van der Waals surface area contributed by atoms with Gasteiger partial charge in [-0.3, -0.25) is 4.79 Å². The van der Waals surface area contributed by atoms with Crippen LogP contribution in [0.2, 0.25) is 0 Å². The second-order valence-corrected chi connectivity index (χ2v) is 6.45. The average molecular weight is 330 g/mol. The van der Waals surface area contributed by atoms with Gasteiger partial charge in [0.15, 0.2) is 0 Å². The summed E-state index contributed by atoms with van der Waals surface area (Å²) >= 11 is 0. The van der Waals surface area contributed by atoms with Crippen LogP contribution in [-0.2, 0) is 4.79 Å². The fourth-order valence-corrected chi connectivity index (χ4v) is 2.75. The third-order valence-corrected chi connectivity index (χ3v) is 4.32. The fourth-order valence-electron chi connectivity index (χ4n) is 2.75. The lowest BCUT2D eigenvalue weighted by molar-refractivity contribution is -0.115. The summed E-state index contributed by atoms with van der Waals surface area (Å²) in [7, 11) is 0.